The molecule has 0 radical (unpaired) electrons. The molecule has 0 amide bonds. The maximum Gasteiger partial charge on any atom is 0.0930 e. The van der Waals surface area contributed by atoms with Gasteiger partial charge in [0.2, 0.25) is 0 Å². The second-order valence-electron chi connectivity index (χ2n) is 4.37. The highest BCUT2D eigenvalue weighted by Gasteiger charge is 2.19. The number of hydrogen-bond acceptors (Lipinski definition) is 3. The van der Waals surface area contributed by atoms with E-state index in [1.807, 2.05) is 0 Å². The van der Waals surface area contributed by atoms with E-state index < -0.39 is 0 Å². The van der Waals surface area contributed by atoms with E-state index in [0.717, 1.165) is 11.6 Å². The molecule has 2 N–H and O–H groups in total. The van der Waals surface area contributed by atoms with Crippen LogP contribution in [0.5, 0.6) is 0 Å². The standard InChI is InChI=1S/C11H18N2S/c1-8-7-14-11(13-8)6-9-2-4-10(12)5-3-9/h7,9-10H,2-6,12H2,1H3. The number of nitrogens with two attached hydrogens (primary N) is 1. The molecule has 1 fully saturated rings. The lowest BCUT2D eigenvalue weighted by molar-refractivity contribution is 0.324. The Morgan fingerprint density at radius 3 is 2.71 bits per heavy atom. The lowest BCUT2D eigenvalue weighted by Gasteiger charge is -2.25. The zero-order chi connectivity index (χ0) is 9.97. The fraction of sp³-hybridized carbons (Fsp3) is 0.727. The molecule has 1 aromatic heterocycles. The van der Waals surface area contributed by atoms with Crippen molar-refractivity contribution in [3.63, 3.8) is 0 Å². The Hall–Kier alpha value is -0.410. The van der Waals surface area contributed by atoms with Gasteiger partial charge in [-0.2, -0.15) is 0 Å². The van der Waals surface area contributed by atoms with Crippen LogP contribution in [0.1, 0.15) is 36.4 Å². The van der Waals surface area contributed by atoms with Crippen molar-refractivity contribution in [2.45, 2.75) is 45.1 Å². The highest BCUT2D eigenvalue weighted by Crippen LogP contribution is 2.27. The highest BCUT2D eigenvalue weighted by atomic mass is 32.1. The number of thiazole rings is 1. The van der Waals surface area contributed by atoms with Crippen LogP contribution in [0.15, 0.2) is 5.38 Å². The van der Waals surface area contributed by atoms with E-state index in [0.29, 0.717) is 6.04 Å². The molecule has 0 aliphatic heterocycles. The Balaban J connectivity index is 1.86. The van der Waals surface area contributed by atoms with Crippen LogP contribution < -0.4 is 5.73 Å². The molecule has 2 rings (SSSR count). The summed E-state index contributed by atoms with van der Waals surface area (Å²) in [5.41, 5.74) is 7.05. The Morgan fingerprint density at radius 1 is 1.43 bits per heavy atom. The molecule has 2 nitrogen and oxygen atoms in total. The second kappa shape index (κ2) is 4.41. The van der Waals surface area contributed by atoms with Gasteiger partial charge in [0.05, 0.1) is 5.01 Å². The molecule has 0 bridgehead atoms. The van der Waals surface area contributed by atoms with Crippen LogP contribution in [-0.2, 0) is 6.42 Å². The normalized spacial score (nSPS) is 27.9. The van der Waals surface area contributed by atoms with E-state index in [-0.39, 0.29) is 0 Å². The van der Waals surface area contributed by atoms with Gasteiger partial charge in [-0.25, -0.2) is 4.98 Å². The topological polar surface area (TPSA) is 38.9 Å². The van der Waals surface area contributed by atoms with Crippen LogP contribution in [0, 0.1) is 12.8 Å². The molecular weight excluding hydrogens is 192 g/mol. The summed E-state index contributed by atoms with van der Waals surface area (Å²) < 4.78 is 0. The molecule has 1 aliphatic carbocycles. The van der Waals surface area contributed by atoms with Gasteiger partial charge in [0.15, 0.2) is 0 Å². The van der Waals surface area contributed by atoms with Crippen molar-refractivity contribution >= 4 is 11.3 Å². The zero-order valence-electron chi connectivity index (χ0n) is 8.70. The Kier molecular flexibility index (Phi) is 3.19. The highest BCUT2D eigenvalue weighted by molar-refractivity contribution is 7.09. The van der Waals surface area contributed by atoms with E-state index in [4.69, 9.17) is 5.73 Å². The molecule has 1 saturated carbocycles. The maximum atomic E-state index is 5.88. The van der Waals surface area contributed by atoms with Crippen molar-refractivity contribution in [1.82, 2.24) is 4.98 Å². The van der Waals surface area contributed by atoms with Gasteiger partial charge in [-0.15, -0.1) is 11.3 Å². The molecule has 1 heterocycles. The molecule has 0 atom stereocenters. The zero-order valence-corrected chi connectivity index (χ0v) is 9.52. The number of nitrogens with zero attached hydrogens (tertiary/aromatic N) is 1. The van der Waals surface area contributed by atoms with E-state index >= 15 is 0 Å². The molecule has 0 saturated heterocycles. The number of aryl methyl sites for hydroxylation is 1. The Morgan fingerprint density at radius 2 is 2.14 bits per heavy atom. The Bertz CT molecular complexity index is 287. The van der Waals surface area contributed by atoms with Gasteiger partial charge in [-0.05, 0) is 38.5 Å². The lowest BCUT2D eigenvalue weighted by atomic mass is 9.85. The third-order valence-electron chi connectivity index (χ3n) is 3.02. The van der Waals surface area contributed by atoms with Crippen molar-refractivity contribution in [2.75, 3.05) is 0 Å². The van der Waals surface area contributed by atoms with Crippen molar-refractivity contribution in [2.24, 2.45) is 11.7 Å². The van der Waals surface area contributed by atoms with Crippen LogP contribution >= 0.6 is 11.3 Å². The summed E-state index contributed by atoms with van der Waals surface area (Å²) in [6.07, 6.45) is 6.16. The minimum absolute atomic E-state index is 0.462. The average Bonchev–Trinajstić information content (AvgIpc) is 2.56. The van der Waals surface area contributed by atoms with E-state index in [1.165, 1.54) is 37.1 Å². The fourth-order valence-corrected chi connectivity index (χ4v) is 3.02. The minimum Gasteiger partial charge on any atom is -0.328 e. The second-order valence-corrected chi connectivity index (χ2v) is 5.31. The van der Waals surface area contributed by atoms with Gasteiger partial charge < -0.3 is 5.73 Å². The van der Waals surface area contributed by atoms with Crippen molar-refractivity contribution in [3.8, 4) is 0 Å². The largest absolute Gasteiger partial charge is 0.328 e. The van der Waals surface area contributed by atoms with Gasteiger partial charge in [0, 0.05) is 23.5 Å². The summed E-state index contributed by atoms with van der Waals surface area (Å²) in [5, 5.41) is 3.45. The molecule has 78 valence electrons. The van der Waals surface area contributed by atoms with Crippen LogP contribution in [0.25, 0.3) is 0 Å². The van der Waals surface area contributed by atoms with Crippen LogP contribution in [0.2, 0.25) is 0 Å². The molecule has 0 spiro atoms. The first kappa shape index (κ1) is 10.1. The molecule has 14 heavy (non-hydrogen) atoms. The van der Waals surface area contributed by atoms with Gasteiger partial charge in [0.1, 0.15) is 0 Å². The predicted molar refractivity (Wildman–Crippen MR) is 60.5 cm³/mol. The quantitative estimate of drug-likeness (QED) is 0.814. The summed E-state index contributed by atoms with van der Waals surface area (Å²) in [6.45, 7) is 2.07. The molecule has 0 unspecified atom stereocenters. The smallest absolute Gasteiger partial charge is 0.0930 e. The molecule has 1 aromatic rings. The molecule has 3 heteroatoms. The lowest BCUT2D eigenvalue weighted by Crippen LogP contribution is -2.27. The van der Waals surface area contributed by atoms with E-state index in [2.05, 4.69) is 17.3 Å². The number of rotatable bonds is 2. The first-order chi connectivity index (χ1) is 6.74. The van der Waals surface area contributed by atoms with Crippen LogP contribution in [-0.4, -0.2) is 11.0 Å². The average molecular weight is 210 g/mol. The van der Waals surface area contributed by atoms with Gasteiger partial charge in [0.25, 0.3) is 0 Å². The third-order valence-corrected chi connectivity index (χ3v) is 4.01. The molecule has 0 aromatic carbocycles. The van der Waals surface area contributed by atoms with Crippen molar-refractivity contribution < 1.29 is 0 Å². The fourth-order valence-electron chi connectivity index (χ4n) is 2.14. The number of aromatic nitrogens is 1. The van der Waals surface area contributed by atoms with Crippen LogP contribution in [0.3, 0.4) is 0 Å². The van der Waals surface area contributed by atoms with Gasteiger partial charge >= 0.3 is 0 Å². The molecular formula is C11H18N2S. The monoisotopic (exact) mass is 210 g/mol. The summed E-state index contributed by atoms with van der Waals surface area (Å²) in [4.78, 5) is 4.51. The van der Waals surface area contributed by atoms with Crippen molar-refractivity contribution in [3.05, 3.63) is 16.1 Å². The van der Waals surface area contributed by atoms with E-state index in [9.17, 15) is 0 Å². The van der Waals surface area contributed by atoms with Gasteiger partial charge in [-0.3, -0.25) is 0 Å². The molecule has 1 aliphatic rings. The Labute approximate surface area is 89.5 Å². The SMILES string of the molecule is Cc1csc(CC2CCC(N)CC2)n1. The maximum absolute atomic E-state index is 5.88. The van der Waals surface area contributed by atoms with Crippen molar-refractivity contribution in [1.29, 1.82) is 0 Å². The minimum atomic E-state index is 0.462. The summed E-state index contributed by atoms with van der Waals surface area (Å²) in [5.74, 6) is 0.834. The predicted octanol–water partition coefficient (Wildman–Crippen LogP) is 2.51. The number of hydrogen-bond donors (Lipinski definition) is 1. The van der Waals surface area contributed by atoms with E-state index in [1.54, 1.807) is 11.3 Å². The van der Waals surface area contributed by atoms with Crippen LogP contribution in [0.4, 0.5) is 0 Å². The van der Waals surface area contributed by atoms with Gasteiger partial charge in [-0.1, -0.05) is 0 Å². The third kappa shape index (κ3) is 2.55. The first-order valence-corrected chi connectivity index (χ1v) is 6.28. The summed E-state index contributed by atoms with van der Waals surface area (Å²) in [7, 11) is 0. The summed E-state index contributed by atoms with van der Waals surface area (Å²) >= 11 is 1.80. The summed E-state index contributed by atoms with van der Waals surface area (Å²) in [6, 6.07) is 0.462. The first-order valence-electron chi connectivity index (χ1n) is 5.40.